The van der Waals surface area contributed by atoms with Gasteiger partial charge in [-0.15, -0.1) is 0 Å². The maximum absolute atomic E-state index is 12.8. The molecule has 1 fully saturated rings. The van der Waals surface area contributed by atoms with Gasteiger partial charge in [-0.25, -0.2) is 15.0 Å². The quantitative estimate of drug-likeness (QED) is 0.180. The van der Waals surface area contributed by atoms with Crippen molar-refractivity contribution in [3.05, 3.63) is 48.5 Å². The summed E-state index contributed by atoms with van der Waals surface area (Å²) in [5, 5.41) is 2.74. The Morgan fingerprint density at radius 1 is 0.889 bits per heavy atom. The number of aromatic nitrogens is 4. The third-order valence-electron chi connectivity index (χ3n) is 6.82. The number of hydrogen-bond acceptors (Lipinski definition) is 13. The first-order valence-electron chi connectivity index (χ1n) is 14.3. The number of hydrogen-bond donors (Lipinski definition) is 1. The SMILES string of the molecule is COCCO[C@@H]1[C@H](OC(=O)CCC(C)=O)[C@@H](COC(=O)CCC(C)=O)O[C@H]1n1cnc2c(NC(=O)c3ccccc3)ncnc21. The summed E-state index contributed by atoms with van der Waals surface area (Å²) in [5.74, 6) is -1.89. The summed E-state index contributed by atoms with van der Waals surface area (Å²) in [5.41, 5.74) is 0.958. The van der Waals surface area contributed by atoms with E-state index in [4.69, 9.17) is 23.7 Å². The number of carbonyl (C=O) groups is 5. The van der Waals surface area contributed by atoms with Gasteiger partial charge in [0.15, 0.2) is 29.3 Å². The topological polar surface area (TPSA) is 187 Å². The monoisotopic (exact) mass is 625 g/mol. The number of nitrogens with one attached hydrogen (secondary N) is 1. The number of esters is 2. The number of nitrogens with zero attached hydrogens (tertiary/aromatic N) is 4. The third-order valence-corrected chi connectivity index (χ3v) is 6.82. The van der Waals surface area contributed by atoms with Crippen LogP contribution in [-0.4, -0.2) is 94.2 Å². The molecule has 3 heterocycles. The van der Waals surface area contributed by atoms with Crippen LogP contribution in [0.1, 0.15) is 56.1 Å². The Morgan fingerprint density at radius 3 is 2.29 bits per heavy atom. The maximum atomic E-state index is 12.8. The van der Waals surface area contributed by atoms with Crippen LogP contribution in [0, 0.1) is 0 Å². The summed E-state index contributed by atoms with van der Waals surface area (Å²) < 4.78 is 30.2. The lowest BCUT2D eigenvalue weighted by molar-refractivity contribution is -0.162. The van der Waals surface area contributed by atoms with Crippen LogP contribution in [0.5, 0.6) is 0 Å². The molecule has 1 amide bonds. The van der Waals surface area contributed by atoms with E-state index in [9.17, 15) is 24.0 Å². The molecule has 1 aliphatic heterocycles. The molecule has 1 aliphatic rings. The van der Waals surface area contributed by atoms with Crippen LogP contribution in [0.25, 0.3) is 11.2 Å². The van der Waals surface area contributed by atoms with Crippen LogP contribution in [-0.2, 0) is 42.9 Å². The zero-order valence-corrected chi connectivity index (χ0v) is 25.2. The van der Waals surface area contributed by atoms with E-state index in [1.807, 2.05) is 0 Å². The second-order valence-electron chi connectivity index (χ2n) is 10.3. The molecule has 4 atom stereocenters. The van der Waals surface area contributed by atoms with Crippen molar-refractivity contribution in [1.29, 1.82) is 0 Å². The fraction of sp³-hybridized carbons (Fsp3) is 0.467. The van der Waals surface area contributed by atoms with Gasteiger partial charge in [0.25, 0.3) is 5.91 Å². The normalized spacial score (nSPS) is 19.3. The number of rotatable bonds is 16. The number of carbonyl (C=O) groups excluding carboxylic acids is 5. The van der Waals surface area contributed by atoms with Crippen molar-refractivity contribution in [1.82, 2.24) is 19.5 Å². The molecule has 15 heteroatoms. The van der Waals surface area contributed by atoms with Crippen LogP contribution in [0.15, 0.2) is 43.0 Å². The van der Waals surface area contributed by atoms with Gasteiger partial charge in [-0.05, 0) is 26.0 Å². The van der Waals surface area contributed by atoms with E-state index >= 15 is 0 Å². The number of fused-ring (bicyclic) bond motifs is 1. The van der Waals surface area contributed by atoms with Crippen LogP contribution < -0.4 is 5.32 Å². The number of benzene rings is 1. The first-order chi connectivity index (χ1) is 21.7. The minimum atomic E-state index is -1.08. The summed E-state index contributed by atoms with van der Waals surface area (Å²) in [6.45, 7) is 2.72. The zero-order chi connectivity index (χ0) is 32.3. The van der Waals surface area contributed by atoms with Crippen molar-refractivity contribution >= 4 is 46.4 Å². The number of amides is 1. The second-order valence-corrected chi connectivity index (χ2v) is 10.3. The Morgan fingerprint density at radius 2 is 1.60 bits per heavy atom. The van der Waals surface area contributed by atoms with Crippen molar-refractivity contribution in [2.75, 3.05) is 32.2 Å². The van der Waals surface area contributed by atoms with E-state index < -0.39 is 42.4 Å². The first-order valence-corrected chi connectivity index (χ1v) is 14.3. The lowest BCUT2D eigenvalue weighted by Crippen LogP contribution is -2.40. The molecule has 2 aromatic heterocycles. The third kappa shape index (κ3) is 8.97. The summed E-state index contributed by atoms with van der Waals surface area (Å²) in [7, 11) is 1.50. The van der Waals surface area contributed by atoms with E-state index in [2.05, 4.69) is 20.3 Å². The highest BCUT2D eigenvalue weighted by molar-refractivity contribution is 6.06. The molecule has 240 valence electrons. The molecule has 0 saturated carbocycles. The van der Waals surface area contributed by atoms with Crippen LogP contribution in [0.2, 0.25) is 0 Å². The average molecular weight is 626 g/mol. The summed E-state index contributed by atoms with van der Waals surface area (Å²) in [6, 6.07) is 8.58. The maximum Gasteiger partial charge on any atom is 0.306 e. The number of imidazole rings is 1. The standard InChI is InChI=1S/C30H35N5O10/c1-18(36)9-11-22(38)43-15-21-25(45-23(39)12-10-19(2)37)26(42-14-13-41-3)30(44-21)35-17-33-24-27(31-16-32-28(24)35)34-29(40)20-7-5-4-6-8-20/h4-8,16-17,21,25-26,30H,9-15H2,1-3H3,(H,31,32,34,40)/t21-,25-,26-,30-/m1/s1. The van der Waals surface area contributed by atoms with Crippen LogP contribution in [0.3, 0.4) is 0 Å². The van der Waals surface area contributed by atoms with E-state index in [0.717, 1.165) is 0 Å². The second kappa shape index (κ2) is 15.9. The van der Waals surface area contributed by atoms with E-state index in [0.29, 0.717) is 5.56 Å². The van der Waals surface area contributed by atoms with Crippen molar-refractivity contribution < 1.29 is 47.7 Å². The largest absolute Gasteiger partial charge is 0.463 e. The number of ketones is 2. The fourth-order valence-corrected chi connectivity index (χ4v) is 4.57. The smallest absolute Gasteiger partial charge is 0.306 e. The molecule has 15 nitrogen and oxygen atoms in total. The Labute approximate surface area is 258 Å². The molecular weight excluding hydrogens is 590 g/mol. The highest BCUT2D eigenvalue weighted by atomic mass is 16.6. The van der Waals surface area contributed by atoms with Gasteiger partial charge in [0.1, 0.15) is 36.7 Å². The highest BCUT2D eigenvalue weighted by Gasteiger charge is 2.50. The number of methoxy groups -OCH3 is 1. The number of ether oxygens (including phenoxy) is 5. The molecular formula is C30H35N5O10. The van der Waals surface area contributed by atoms with E-state index in [1.54, 1.807) is 34.9 Å². The molecule has 0 bridgehead atoms. The molecule has 4 rings (SSSR count). The molecule has 0 radical (unpaired) electrons. The molecule has 3 aromatic rings. The molecule has 0 aliphatic carbocycles. The predicted molar refractivity (Wildman–Crippen MR) is 156 cm³/mol. The average Bonchev–Trinajstić information content (AvgIpc) is 3.60. The minimum Gasteiger partial charge on any atom is -0.463 e. The Hall–Kier alpha value is -4.60. The van der Waals surface area contributed by atoms with Gasteiger partial charge in [0, 0.05) is 25.5 Å². The summed E-state index contributed by atoms with van der Waals surface area (Å²) >= 11 is 0. The van der Waals surface area contributed by atoms with Gasteiger partial charge in [-0.1, -0.05) is 18.2 Å². The van der Waals surface area contributed by atoms with Crippen molar-refractivity contribution in [2.45, 2.75) is 64.1 Å². The molecule has 1 aromatic carbocycles. The van der Waals surface area contributed by atoms with Gasteiger partial charge in [0.05, 0.1) is 32.4 Å². The van der Waals surface area contributed by atoms with Gasteiger partial charge < -0.3 is 38.6 Å². The van der Waals surface area contributed by atoms with Gasteiger partial charge in [-0.3, -0.25) is 19.0 Å². The molecule has 45 heavy (non-hydrogen) atoms. The molecule has 1 saturated heterocycles. The van der Waals surface area contributed by atoms with Gasteiger partial charge >= 0.3 is 11.9 Å². The fourth-order valence-electron chi connectivity index (χ4n) is 4.57. The summed E-state index contributed by atoms with van der Waals surface area (Å²) in [4.78, 5) is 73.7. The highest BCUT2D eigenvalue weighted by Crippen LogP contribution is 2.36. The van der Waals surface area contributed by atoms with Crippen LogP contribution >= 0.6 is 0 Å². The van der Waals surface area contributed by atoms with Crippen molar-refractivity contribution in [2.24, 2.45) is 0 Å². The van der Waals surface area contributed by atoms with E-state index in [1.165, 1.54) is 33.6 Å². The van der Waals surface area contributed by atoms with E-state index in [-0.39, 0.29) is 74.1 Å². The number of Topliss-reactive ketones (excluding diaryl/α,β-unsaturated/α-hetero) is 2. The summed E-state index contributed by atoms with van der Waals surface area (Å²) in [6.07, 6.45) is -1.65. The minimum absolute atomic E-state index is 0.0169. The Bertz CT molecular complexity index is 1510. The lowest BCUT2D eigenvalue weighted by Gasteiger charge is -2.25. The zero-order valence-electron chi connectivity index (χ0n) is 25.2. The van der Waals surface area contributed by atoms with Gasteiger partial charge in [-0.2, -0.15) is 0 Å². The number of anilines is 1. The lowest BCUT2D eigenvalue weighted by atomic mass is 10.1. The first kappa shape index (κ1) is 33.3. The predicted octanol–water partition coefficient (Wildman–Crippen LogP) is 2.20. The Balaban J connectivity index is 1.63. The van der Waals surface area contributed by atoms with Gasteiger partial charge in [0.2, 0.25) is 0 Å². The molecule has 1 N–H and O–H groups in total. The van der Waals surface area contributed by atoms with Crippen molar-refractivity contribution in [3.63, 3.8) is 0 Å². The van der Waals surface area contributed by atoms with Crippen molar-refractivity contribution in [3.8, 4) is 0 Å². The molecule has 0 spiro atoms. The van der Waals surface area contributed by atoms with Crippen LogP contribution in [0.4, 0.5) is 5.82 Å². The molecule has 0 unspecified atom stereocenters. The Kier molecular flexibility index (Phi) is 11.8.